The van der Waals surface area contributed by atoms with Crippen LogP contribution in [0.1, 0.15) is 18.9 Å². The predicted octanol–water partition coefficient (Wildman–Crippen LogP) is 1.56. The molecule has 2 amide bonds. The lowest BCUT2D eigenvalue weighted by atomic mass is 10.2. The highest BCUT2D eigenvalue weighted by Gasteiger charge is 2.05. The second kappa shape index (κ2) is 10.7. The first-order valence-electron chi connectivity index (χ1n) is 5.98. The quantitative estimate of drug-likeness (QED) is 0.837. The number of carbonyl (C=O) groups excluding carboxylic acids is 2. The lowest BCUT2D eigenvalue weighted by Gasteiger charge is -2.05. The van der Waals surface area contributed by atoms with Crippen molar-refractivity contribution >= 4 is 11.8 Å². The minimum Gasteiger partial charge on any atom is -0.370 e. The normalized spacial score (nSPS) is 9.76. The molecule has 0 aliphatic heterocycles. The van der Waals surface area contributed by atoms with Crippen molar-refractivity contribution in [1.29, 1.82) is 0 Å². The Bertz CT molecular complexity index is 452. The Morgan fingerprint density at radius 2 is 2.00 bits per heavy atom. The van der Waals surface area contributed by atoms with Crippen molar-refractivity contribution in [1.82, 2.24) is 5.32 Å². The molecule has 1 aromatic rings. The van der Waals surface area contributed by atoms with Gasteiger partial charge in [0, 0.05) is 13.5 Å². The smallest absolute Gasteiger partial charge is 0.345 e. The summed E-state index contributed by atoms with van der Waals surface area (Å²) in [5.74, 6) is -1.15. The largest absolute Gasteiger partial charge is 0.370 e. The summed E-state index contributed by atoms with van der Waals surface area (Å²) in [5.41, 5.74) is 5.08. The van der Waals surface area contributed by atoms with Crippen LogP contribution in [0.5, 0.6) is 0 Å². The summed E-state index contributed by atoms with van der Waals surface area (Å²) in [5, 5.41) is 2.47. The van der Waals surface area contributed by atoms with Crippen LogP contribution in [0.3, 0.4) is 0 Å². The average Bonchev–Trinajstić information content (AvgIpc) is 2.35. The van der Waals surface area contributed by atoms with Gasteiger partial charge < -0.3 is 15.8 Å². The number of ether oxygens (including phenoxy) is 1. The fourth-order valence-corrected chi connectivity index (χ4v) is 1.18. The van der Waals surface area contributed by atoms with Gasteiger partial charge in [0.1, 0.15) is 5.82 Å². The molecule has 0 bridgehead atoms. The molecule has 1 rings (SSSR count). The second-order valence-corrected chi connectivity index (χ2v) is 3.90. The zero-order valence-electron chi connectivity index (χ0n) is 11.4. The lowest BCUT2D eigenvalue weighted by molar-refractivity contribution is -0.138. The van der Waals surface area contributed by atoms with E-state index >= 15 is 0 Å². The number of hydrogen-bond acceptors (Lipinski definition) is 3. The maximum Gasteiger partial charge on any atom is 0.345 e. The van der Waals surface area contributed by atoms with E-state index in [-0.39, 0.29) is 25.5 Å². The molecule has 118 valence electrons. The molecule has 0 radical (unpaired) electrons. The van der Waals surface area contributed by atoms with Gasteiger partial charge in [-0.1, -0.05) is 12.1 Å². The number of rotatable bonds is 6. The van der Waals surface area contributed by atoms with Gasteiger partial charge in [0.15, 0.2) is 0 Å². The zero-order chi connectivity index (χ0) is 16.3. The third-order valence-electron chi connectivity index (χ3n) is 1.95. The predicted molar refractivity (Wildman–Crippen MR) is 69.7 cm³/mol. The molecule has 8 heteroatoms. The van der Waals surface area contributed by atoms with E-state index in [2.05, 4.69) is 15.8 Å². The highest BCUT2D eigenvalue weighted by atomic mass is 19.3. The Balaban J connectivity index is 0.000000885. The molecule has 3 N–H and O–H groups in total. The molecule has 0 saturated carbocycles. The third kappa shape index (κ3) is 12.7. The number of amides is 2. The lowest BCUT2D eigenvalue weighted by Crippen LogP contribution is -2.24. The third-order valence-corrected chi connectivity index (χ3v) is 1.95. The van der Waals surface area contributed by atoms with Crippen LogP contribution in [0.2, 0.25) is 0 Å². The number of carbonyl (C=O) groups is 2. The van der Waals surface area contributed by atoms with E-state index in [0.29, 0.717) is 5.56 Å². The first-order valence-corrected chi connectivity index (χ1v) is 5.98. The Morgan fingerprint density at radius 3 is 2.52 bits per heavy atom. The zero-order valence-corrected chi connectivity index (χ0v) is 11.4. The highest BCUT2D eigenvalue weighted by Crippen LogP contribution is 2.03. The maximum atomic E-state index is 12.8. The van der Waals surface area contributed by atoms with Gasteiger partial charge in [-0.05, 0) is 17.7 Å². The van der Waals surface area contributed by atoms with Crippen molar-refractivity contribution in [3.63, 3.8) is 0 Å². The van der Waals surface area contributed by atoms with Gasteiger partial charge in [-0.15, -0.1) is 0 Å². The summed E-state index contributed by atoms with van der Waals surface area (Å²) in [7, 11) is 0. The van der Waals surface area contributed by atoms with E-state index in [9.17, 15) is 22.8 Å². The topological polar surface area (TPSA) is 81.4 Å². The Morgan fingerprint density at radius 1 is 1.38 bits per heavy atom. The summed E-state index contributed by atoms with van der Waals surface area (Å²) in [4.78, 5) is 20.4. The van der Waals surface area contributed by atoms with Gasteiger partial charge in [0.2, 0.25) is 11.8 Å². The van der Waals surface area contributed by atoms with Crippen LogP contribution in [0.25, 0.3) is 0 Å². The minimum absolute atomic E-state index is 0.153. The summed E-state index contributed by atoms with van der Waals surface area (Å²) in [6, 6.07) is 5.76. The van der Waals surface area contributed by atoms with Crippen molar-refractivity contribution in [3.8, 4) is 0 Å². The molecule has 1 aromatic carbocycles. The van der Waals surface area contributed by atoms with Crippen LogP contribution in [-0.2, 0) is 20.9 Å². The number of primary amides is 1. The van der Waals surface area contributed by atoms with Crippen molar-refractivity contribution in [2.24, 2.45) is 5.73 Å². The van der Waals surface area contributed by atoms with Gasteiger partial charge in [-0.3, -0.25) is 9.59 Å². The summed E-state index contributed by atoms with van der Waals surface area (Å²) in [6.07, 6.45) is -0.153. The molecule has 0 unspecified atom stereocenters. The molecule has 0 aliphatic carbocycles. The molecule has 5 nitrogen and oxygen atoms in total. The molecular weight excluding hydrogens is 289 g/mol. The summed E-state index contributed by atoms with van der Waals surface area (Å²) in [6.45, 7) is -1.75. The maximum absolute atomic E-state index is 12.8. The van der Waals surface area contributed by atoms with E-state index in [1.54, 1.807) is 6.07 Å². The molecule has 0 fully saturated rings. The monoisotopic (exact) mass is 306 g/mol. The number of hydrogen-bond donors (Lipinski definition) is 2. The molecule has 0 atom stereocenters. The molecule has 0 saturated heterocycles. The number of nitrogens with one attached hydrogen (secondary N) is 1. The summed E-state index contributed by atoms with van der Waals surface area (Å²) < 4.78 is 39.9. The Hall–Kier alpha value is -2.09. The van der Waals surface area contributed by atoms with Crippen molar-refractivity contribution < 1.29 is 27.5 Å². The average molecular weight is 306 g/mol. The standard InChI is InChI=1S/C11H12F3NO2.C2H5NO/c12-9-3-1-2-8(6-9)7-15-10(16)4-5-17-11(13)14;1-2(3)4/h1-3,6,11H,4-5,7H2,(H,15,16);1H3,(H2,3,4). The van der Waals surface area contributed by atoms with Crippen LogP contribution in [0, 0.1) is 5.82 Å². The fourth-order valence-electron chi connectivity index (χ4n) is 1.18. The van der Waals surface area contributed by atoms with E-state index in [4.69, 9.17) is 0 Å². The van der Waals surface area contributed by atoms with Gasteiger partial charge in [-0.25, -0.2) is 4.39 Å². The molecule has 0 aliphatic rings. The van der Waals surface area contributed by atoms with Crippen LogP contribution < -0.4 is 11.1 Å². The first kappa shape index (κ1) is 18.9. The van der Waals surface area contributed by atoms with Crippen molar-refractivity contribution in [2.75, 3.05) is 6.61 Å². The van der Waals surface area contributed by atoms with Crippen LogP contribution in [0.15, 0.2) is 24.3 Å². The van der Waals surface area contributed by atoms with Gasteiger partial charge >= 0.3 is 6.61 Å². The Kier molecular flexibility index (Phi) is 9.61. The second-order valence-electron chi connectivity index (χ2n) is 3.90. The molecule has 0 aromatic heterocycles. The van der Waals surface area contributed by atoms with Crippen LogP contribution in [0.4, 0.5) is 13.2 Å². The van der Waals surface area contributed by atoms with E-state index < -0.39 is 18.3 Å². The number of halogens is 3. The number of benzene rings is 1. The van der Waals surface area contributed by atoms with Crippen LogP contribution >= 0.6 is 0 Å². The van der Waals surface area contributed by atoms with Gasteiger partial charge in [-0.2, -0.15) is 8.78 Å². The molecular formula is C13H17F3N2O3. The minimum atomic E-state index is -2.87. The fraction of sp³-hybridized carbons (Fsp3) is 0.385. The number of alkyl halides is 2. The first-order chi connectivity index (χ1) is 9.81. The van der Waals surface area contributed by atoms with Gasteiger partial charge in [0.05, 0.1) is 13.0 Å². The van der Waals surface area contributed by atoms with E-state index in [1.165, 1.54) is 25.1 Å². The molecule has 0 heterocycles. The molecule has 0 spiro atoms. The molecule has 21 heavy (non-hydrogen) atoms. The number of nitrogens with two attached hydrogens (primary N) is 1. The Labute approximate surface area is 120 Å². The van der Waals surface area contributed by atoms with Crippen molar-refractivity contribution in [2.45, 2.75) is 26.5 Å². The van der Waals surface area contributed by atoms with Crippen LogP contribution in [-0.4, -0.2) is 25.0 Å². The highest BCUT2D eigenvalue weighted by molar-refractivity contribution is 5.75. The SMILES string of the molecule is CC(N)=O.O=C(CCOC(F)F)NCc1cccc(F)c1. The summed E-state index contributed by atoms with van der Waals surface area (Å²) >= 11 is 0. The van der Waals surface area contributed by atoms with Gasteiger partial charge in [0.25, 0.3) is 0 Å². The van der Waals surface area contributed by atoms with E-state index in [0.717, 1.165) is 0 Å². The van der Waals surface area contributed by atoms with E-state index in [1.807, 2.05) is 0 Å². The van der Waals surface area contributed by atoms with Crippen molar-refractivity contribution in [3.05, 3.63) is 35.6 Å².